The maximum absolute atomic E-state index is 12.1. The summed E-state index contributed by atoms with van der Waals surface area (Å²) in [5.41, 5.74) is 4.35. The molecule has 0 saturated heterocycles. The van der Waals surface area contributed by atoms with Gasteiger partial charge in [-0.25, -0.2) is 9.59 Å². The van der Waals surface area contributed by atoms with Crippen molar-refractivity contribution >= 4 is 23.8 Å². The van der Waals surface area contributed by atoms with Crippen LogP contribution in [0.4, 0.5) is 10.6 Å². The van der Waals surface area contributed by atoms with E-state index in [1.54, 1.807) is 0 Å². The Balaban J connectivity index is 1.29. The fraction of sp³-hybridized carbons (Fsp3) is 0.167. The van der Waals surface area contributed by atoms with Gasteiger partial charge in [0.1, 0.15) is 18.0 Å². The van der Waals surface area contributed by atoms with Crippen LogP contribution in [0.2, 0.25) is 0 Å². The zero-order chi connectivity index (χ0) is 23.4. The average Bonchev–Trinajstić information content (AvgIpc) is 3.33. The predicted molar refractivity (Wildman–Crippen MR) is 120 cm³/mol. The summed E-state index contributed by atoms with van der Waals surface area (Å²) in [5, 5.41) is 17.7. The van der Waals surface area contributed by atoms with Gasteiger partial charge in [0.15, 0.2) is 0 Å². The van der Waals surface area contributed by atoms with Gasteiger partial charge in [-0.2, -0.15) is 5.10 Å². The van der Waals surface area contributed by atoms with Gasteiger partial charge in [-0.3, -0.25) is 14.8 Å². The molecule has 166 valence electrons. The van der Waals surface area contributed by atoms with Crippen LogP contribution < -0.4 is 10.6 Å². The normalized spacial score (nSPS) is 11.5. The molecule has 0 bridgehead atoms. The third-order valence-corrected chi connectivity index (χ3v) is 5.27. The first-order valence-electron chi connectivity index (χ1n) is 10.1. The van der Waals surface area contributed by atoms with Crippen LogP contribution in [-0.2, 0) is 16.6 Å². The molecule has 0 fully saturated rings. The van der Waals surface area contributed by atoms with Gasteiger partial charge < -0.3 is 15.2 Å². The number of rotatable bonds is 5. The summed E-state index contributed by atoms with van der Waals surface area (Å²) < 4.78 is 6.61. The van der Waals surface area contributed by atoms with Crippen molar-refractivity contribution in [2.75, 3.05) is 18.5 Å². The molecular weight excluding hydrogens is 424 g/mol. The molecule has 1 aromatic heterocycles. The summed E-state index contributed by atoms with van der Waals surface area (Å²) in [6.45, 7) is 0.0630. The Morgan fingerprint density at radius 1 is 1.09 bits per heavy atom. The summed E-state index contributed by atoms with van der Waals surface area (Å²) in [6.07, 6.45) is 0.482. The summed E-state index contributed by atoms with van der Waals surface area (Å²) in [7, 11) is 1.49. The van der Waals surface area contributed by atoms with Gasteiger partial charge in [-0.1, -0.05) is 54.5 Å². The largest absolute Gasteiger partial charge is 0.477 e. The van der Waals surface area contributed by atoms with E-state index in [0.717, 1.165) is 28.5 Å². The predicted octanol–water partition coefficient (Wildman–Crippen LogP) is 2.60. The number of aryl methyl sites for hydroxylation is 1. The number of carboxylic acids is 1. The zero-order valence-corrected chi connectivity index (χ0v) is 17.7. The molecule has 1 aliphatic carbocycles. The molecule has 2 aromatic carbocycles. The third-order valence-electron chi connectivity index (χ3n) is 5.27. The number of fused-ring (bicyclic) bond motifs is 3. The molecule has 9 nitrogen and oxygen atoms in total. The van der Waals surface area contributed by atoms with Crippen molar-refractivity contribution < 1.29 is 24.2 Å². The molecule has 1 heterocycles. The van der Waals surface area contributed by atoms with Crippen LogP contribution in [0.5, 0.6) is 0 Å². The fourth-order valence-electron chi connectivity index (χ4n) is 3.77. The van der Waals surface area contributed by atoms with Crippen molar-refractivity contribution in [2.45, 2.75) is 5.92 Å². The summed E-state index contributed by atoms with van der Waals surface area (Å²) in [6, 6.07) is 16.1. The van der Waals surface area contributed by atoms with Crippen LogP contribution in [0, 0.1) is 11.8 Å². The maximum atomic E-state index is 12.1. The van der Waals surface area contributed by atoms with Crippen LogP contribution in [0.3, 0.4) is 0 Å². The van der Waals surface area contributed by atoms with Gasteiger partial charge in [0.25, 0.3) is 0 Å². The van der Waals surface area contributed by atoms with Gasteiger partial charge in [-0.05, 0) is 28.2 Å². The number of aromatic carboxylic acids is 1. The Morgan fingerprint density at radius 3 is 2.36 bits per heavy atom. The molecule has 2 amide bonds. The molecule has 0 aliphatic heterocycles. The molecule has 1 aliphatic rings. The van der Waals surface area contributed by atoms with Crippen LogP contribution >= 0.6 is 0 Å². The number of carbonyl (C=O) groups excluding carboxylic acids is 2. The van der Waals surface area contributed by atoms with Crippen molar-refractivity contribution in [3.63, 3.8) is 0 Å². The molecule has 4 rings (SSSR count). The highest BCUT2D eigenvalue weighted by Gasteiger charge is 2.28. The van der Waals surface area contributed by atoms with Gasteiger partial charge in [0, 0.05) is 13.0 Å². The number of hydrogen-bond donors (Lipinski definition) is 3. The minimum atomic E-state index is -1.22. The smallest absolute Gasteiger partial charge is 0.407 e. The molecular formula is C24H20N4O5. The van der Waals surface area contributed by atoms with Gasteiger partial charge in [-0.15, -0.1) is 0 Å². The first kappa shape index (κ1) is 21.6. The van der Waals surface area contributed by atoms with E-state index in [4.69, 9.17) is 9.84 Å². The van der Waals surface area contributed by atoms with E-state index in [1.165, 1.54) is 11.7 Å². The Kier molecular flexibility index (Phi) is 6.09. The van der Waals surface area contributed by atoms with Crippen molar-refractivity contribution in [2.24, 2.45) is 7.05 Å². The number of anilines is 1. The monoisotopic (exact) mass is 444 g/mol. The van der Waals surface area contributed by atoms with Crippen molar-refractivity contribution in [3.8, 4) is 23.0 Å². The molecule has 9 heteroatoms. The van der Waals surface area contributed by atoms with Gasteiger partial charge >= 0.3 is 18.0 Å². The molecule has 0 radical (unpaired) electrons. The fourth-order valence-corrected chi connectivity index (χ4v) is 3.77. The molecule has 0 unspecified atom stereocenters. The third kappa shape index (κ3) is 4.55. The lowest BCUT2D eigenvalue weighted by atomic mass is 9.98. The van der Waals surface area contributed by atoms with E-state index in [0.29, 0.717) is 0 Å². The number of nitrogens with zero attached hydrogens (tertiary/aromatic N) is 2. The zero-order valence-electron chi connectivity index (χ0n) is 17.7. The van der Waals surface area contributed by atoms with Crippen molar-refractivity contribution in [1.29, 1.82) is 0 Å². The van der Waals surface area contributed by atoms with Crippen LogP contribution in [0.1, 0.15) is 27.4 Å². The Bertz CT molecular complexity index is 1260. The number of carbonyl (C=O) groups is 3. The second-order valence-corrected chi connectivity index (χ2v) is 7.27. The minimum Gasteiger partial charge on any atom is -0.477 e. The van der Waals surface area contributed by atoms with Gasteiger partial charge in [0.2, 0.25) is 0 Å². The molecule has 3 aromatic rings. The van der Waals surface area contributed by atoms with E-state index >= 15 is 0 Å². The first-order chi connectivity index (χ1) is 16.0. The Hall–Kier alpha value is -4.58. The second-order valence-electron chi connectivity index (χ2n) is 7.27. The molecule has 0 spiro atoms. The lowest BCUT2D eigenvalue weighted by Crippen LogP contribution is -2.26. The number of carboxylic acid groups (broad SMARTS) is 1. The molecule has 0 atom stereocenters. The highest BCUT2D eigenvalue weighted by molar-refractivity contribution is 6.06. The lowest BCUT2D eigenvalue weighted by Gasteiger charge is -2.14. The van der Waals surface area contributed by atoms with Crippen LogP contribution in [0.15, 0.2) is 54.7 Å². The van der Waals surface area contributed by atoms with E-state index in [-0.39, 0.29) is 30.5 Å². The van der Waals surface area contributed by atoms with Gasteiger partial charge in [0.05, 0.1) is 12.7 Å². The van der Waals surface area contributed by atoms with Crippen molar-refractivity contribution in [1.82, 2.24) is 15.1 Å². The van der Waals surface area contributed by atoms with E-state index in [9.17, 15) is 14.4 Å². The number of benzene rings is 2. The summed E-state index contributed by atoms with van der Waals surface area (Å²) in [5.74, 6) is 2.81. The van der Waals surface area contributed by atoms with Crippen LogP contribution in [0.25, 0.3) is 11.1 Å². The van der Waals surface area contributed by atoms with E-state index < -0.39 is 18.0 Å². The number of alkyl carbamates (subject to hydrolysis) is 1. The van der Waals surface area contributed by atoms with E-state index in [2.05, 4.69) is 39.7 Å². The van der Waals surface area contributed by atoms with E-state index in [1.807, 2.05) is 36.4 Å². The second kappa shape index (κ2) is 9.28. The summed E-state index contributed by atoms with van der Waals surface area (Å²) in [4.78, 5) is 35.2. The van der Waals surface area contributed by atoms with Crippen LogP contribution in [-0.4, -0.2) is 46.0 Å². The Labute approximate surface area is 189 Å². The SMILES string of the molecule is Cn1ncc(C(=O)O)c1NC(=O)C#CCNC(=O)OCC1c2ccccc2-c2ccccc21. The highest BCUT2D eigenvalue weighted by Crippen LogP contribution is 2.44. The Morgan fingerprint density at radius 2 is 1.73 bits per heavy atom. The lowest BCUT2D eigenvalue weighted by molar-refractivity contribution is -0.111. The quantitative estimate of drug-likeness (QED) is 0.520. The summed E-state index contributed by atoms with van der Waals surface area (Å²) >= 11 is 0. The highest BCUT2D eigenvalue weighted by atomic mass is 16.5. The molecule has 0 saturated carbocycles. The topological polar surface area (TPSA) is 123 Å². The number of hydrogen-bond acceptors (Lipinski definition) is 5. The number of ether oxygens (including phenoxy) is 1. The molecule has 3 N–H and O–H groups in total. The average molecular weight is 444 g/mol. The maximum Gasteiger partial charge on any atom is 0.407 e. The minimum absolute atomic E-state index is 0.0197. The first-order valence-corrected chi connectivity index (χ1v) is 10.1. The number of nitrogens with one attached hydrogen (secondary N) is 2. The van der Waals surface area contributed by atoms with Crippen molar-refractivity contribution in [3.05, 3.63) is 71.4 Å². The standard InChI is InChI=1S/C24H20N4O5/c1-28-22(19(13-26-28)23(30)31)27-21(29)11-6-12-25-24(32)33-14-20-17-9-4-2-7-15(17)16-8-3-5-10-18(16)20/h2-5,7-10,13,20H,12,14H2,1H3,(H,25,32)(H,27,29)(H,30,31). The number of amides is 2. The number of aromatic nitrogens is 2. The molecule has 33 heavy (non-hydrogen) atoms.